The molecule has 0 aliphatic carbocycles. The topological polar surface area (TPSA) is 80.1 Å². The molecular formula is C20H19N5O2. The monoisotopic (exact) mass is 361 g/mol. The van der Waals surface area contributed by atoms with Crippen molar-refractivity contribution in [1.82, 2.24) is 14.8 Å². The third-order valence-electron chi connectivity index (χ3n) is 4.57. The zero-order chi connectivity index (χ0) is 19.0. The molecule has 1 aliphatic heterocycles. The van der Waals surface area contributed by atoms with Crippen LogP contribution in [0.3, 0.4) is 0 Å². The van der Waals surface area contributed by atoms with Gasteiger partial charge >= 0.3 is 0 Å². The number of hydrogen-bond acceptors (Lipinski definition) is 4. The maximum Gasteiger partial charge on any atom is 0.277 e. The van der Waals surface area contributed by atoms with E-state index in [9.17, 15) is 9.59 Å². The van der Waals surface area contributed by atoms with Gasteiger partial charge in [-0.05, 0) is 38.1 Å². The number of anilines is 2. The summed E-state index contributed by atoms with van der Waals surface area (Å²) in [7, 11) is 0. The minimum atomic E-state index is -0.364. The predicted molar refractivity (Wildman–Crippen MR) is 102 cm³/mol. The van der Waals surface area contributed by atoms with Gasteiger partial charge < -0.3 is 10.2 Å². The standard InChI is InChI=1S/C20H19N5O2/c1-13-10-15(8-9-21-13)23-19(26)17-11-22-25-14(2)12-24(20(27)18(17)25)16-6-4-3-5-7-16/h3-11,14H,12H2,1-2H3,(H,21,23,26)/t14-/m0/s1. The van der Waals surface area contributed by atoms with Crippen LogP contribution in [0, 0.1) is 6.92 Å². The Labute approximate surface area is 156 Å². The minimum Gasteiger partial charge on any atom is -0.322 e. The third-order valence-corrected chi connectivity index (χ3v) is 4.57. The van der Waals surface area contributed by atoms with Crippen LogP contribution in [-0.4, -0.2) is 33.1 Å². The van der Waals surface area contributed by atoms with Crippen molar-refractivity contribution in [2.24, 2.45) is 0 Å². The summed E-state index contributed by atoms with van der Waals surface area (Å²) in [5.41, 5.74) is 2.80. The van der Waals surface area contributed by atoms with E-state index in [-0.39, 0.29) is 23.4 Å². The number of fused-ring (bicyclic) bond motifs is 1. The Bertz CT molecular complexity index is 1010. The van der Waals surface area contributed by atoms with Crippen molar-refractivity contribution in [3.63, 3.8) is 0 Å². The van der Waals surface area contributed by atoms with Crippen LogP contribution in [0.4, 0.5) is 11.4 Å². The van der Waals surface area contributed by atoms with Gasteiger partial charge in [0.05, 0.1) is 17.8 Å². The molecule has 2 aromatic heterocycles. The number of para-hydroxylation sites is 1. The first kappa shape index (κ1) is 17.0. The molecule has 1 N–H and O–H groups in total. The van der Waals surface area contributed by atoms with Crippen molar-refractivity contribution >= 4 is 23.2 Å². The summed E-state index contributed by atoms with van der Waals surface area (Å²) >= 11 is 0. The van der Waals surface area contributed by atoms with Crippen LogP contribution >= 0.6 is 0 Å². The molecule has 27 heavy (non-hydrogen) atoms. The number of benzene rings is 1. The third kappa shape index (κ3) is 3.08. The second-order valence-electron chi connectivity index (χ2n) is 6.59. The predicted octanol–water partition coefficient (Wildman–Crippen LogP) is 3.06. The molecule has 1 aromatic carbocycles. The fourth-order valence-corrected chi connectivity index (χ4v) is 3.28. The molecule has 0 bridgehead atoms. The van der Waals surface area contributed by atoms with Gasteiger partial charge in [0.25, 0.3) is 11.8 Å². The molecule has 0 saturated heterocycles. The summed E-state index contributed by atoms with van der Waals surface area (Å²) in [6.45, 7) is 4.33. The number of nitrogens with one attached hydrogen (secondary N) is 1. The number of rotatable bonds is 3. The smallest absolute Gasteiger partial charge is 0.277 e. The summed E-state index contributed by atoms with van der Waals surface area (Å²) < 4.78 is 1.63. The second-order valence-corrected chi connectivity index (χ2v) is 6.59. The molecule has 0 saturated carbocycles. The van der Waals surface area contributed by atoms with Crippen LogP contribution in [0.1, 0.15) is 39.5 Å². The van der Waals surface area contributed by atoms with Gasteiger partial charge in [-0.25, -0.2) is 0 Å². The van der Waals surface area contributed by atoms with Gasteiger partial charge in [-0.3, -0.25) is 19.3 Å². The van der Waals surface area contributed by atoms with Crippen molar-refractivity contribution in [2.45, 2.75) is 19.9 Å². The highest BCUT2D eigenvalue weighted by Crippen LogP contribution is 2.28. The molecule has 0 unspecified atom stereocenters. The quantitative estimate of drug-likeness (QED) is 0.777. The van der Waals surface area contributed by atoms with Crippen LogP contribution < -0.4 is 10.2 Å². The number of aryl methyl sites for hydroxylation is 1. The Morgan fingerprint density at radius 2 is 2.00 bits per heavy atom. The number of carbonyl (C=O) groups excluding carboxylic acids is 2. The van der Waals surface area contributed by atoms with Gasteiger partial charge in [-0.1, -0.05) is 18.2 Å². The molecule has 2 amide bonds. The lowest BCUT2D eigenvalue weighted by Gasteiger charge is -2.32. The van der Waals surface area contributed by atoms with Gasteiger partial charge in [0.15, 0.2) is 0 Å². The van der Waals surface area contributed by atoms with Gasteiger partial charge in [-0.15, -0.1) is 0 Å². The molecule has 7 nitrogen and oxygen atoms in total. The van der Waals surface area contributed by atoms with Crippen LogP contribution in [0.15, 0.2) is 54.9 Å². The van der Waals surface area contributed by atoms with Gasteiger partial charge in [0.1, 0.15) is 5.69 Å². The van der Waals surface area contributed by atoms with Crippen molar-refractivity contribution < 1.29 is 9.59 Å². The lowest BCUT2D eigenvalue weighted by atomic mass is 10.1. The second kappa shape index (κ2) is 6.68. The van der Waals surface area contributed by atoms with Crippen LogP contribution in [0.2, 0.25) is 0 Å². The Morgan fingerprint density at radius 3 is 2.74 bits per heavy atom. The SMILES string of the molecule is Cc1cc(NC(=O)c2cnn3c2C(=O)N(c2ccccc2)C[C@@H]3C)ccn1. The van der Waals surface area contributed by atoms with E-state index in [4.69, 9.17) is 0 Å². The molecule has 136 valence electrons. The Morgan fingerprint density at radius 1 is 1.22 bits per heavy atom. The number of nitrogens with zero attached hydrogens (tertiary/aromatic N) is 4. The van der Waals surface area contributed by atoms with E-state index >= 15 is 0 Å². The number of amides is 2. The Hall–Kier alpha value is -3.48. The molecule has 0 spiro atoms. The molecule has 1 aliphatic rings. The average Bonchev–Trinajstić information content (AvgIpc) is 3.12. The van der Waals surface area contributed by atoms with Crippen molar-refractivity contribution in [1.29, 1.82) is 0 Å². The number of pyridine rings is 1. The highest BCUT2D eigenvalue weighted by Gasteiger charge is 2.35. The maximum absolute atomic E-state index is 13.1. The van der Waals surface area contributed by atoms with Crippen LogP contribution in [-0.2, 0) is 0 Å². The maximum atomic E-state index is 13.1. The number of carbonyl (C=O) groups is 2. The molecule has 7 heteroatoms. The van der Waals surface area contributed by atoms with Gasteiger partial charge in [-0.2, -0.15) is 5.10 Å². The van der Waals surface area contributed by atoms with E-state index < -0.39 is 0 Å². The fourth-order valence-electron chi connectivity index (χ4n) is 3.28. The highest BCUT2D eigenvalue weighted by atomic mass is 16.2. The molecular weight excluding hydrogens is 342 g/mol. The first-order valence-electron chi connectivity index (χ1n) is 8.73. The van der Waals surface area contributed by atoms with Gasteiger partial charge in [0.2, 0.25) is 0 Å². The van der Waals surface area contributed by atoms with Gasteiger partial charge in [0, 0.05) is 29.8 Å². The molecule has 3 heterocycles. The zero-order valence-electron chi connectivity index (χ0n) is 15.1. The lowest BCUT2D eigenvalue weighted by molar-refractivity contribution is 0.0939. The van der Waals surface area contributed by atoms with E-state index in [1.54, 1.807) is 27.9 Å². The molecule has 4 rings (SSSR count). The fraction of sp³-hybridized carbons (Fsp3) is 0.200. The normalized spacial score (nSPS) is 16.1. The summed E-state index contributed by atoms with van der Waals surface area (Å²) in [6.07, 6.45) is 3.09. The summed E-state index contributed by atoms with van der Waals surface area (Å²) in [4.78, 5) is 31.7. The summed E-state index contributed by atoms with van der Waals surface area (Å²) in [6, 6.07) is 12.9. The first-order chi connectivity index (χ1) is 13.0. The molecule has 0 radical (unpaired) electrons. The van der Waals surface area contributed by atoms with Crippen molar-refractivity contribution in [3.8, 4) is 0 Å². The molecule has 3 aromatic rings. The minimum absolute atomic E-state index is 0.0392. The summed E-state index contributed by atoms with van der Waals surface area (Å²) in [5.74, 6) is -0.592. The van der Waals surface area contributed by atoms with Crippen LogP contribution in [0.5, 0.6) is 0 Å². The van der Waals surface area contributed by atoms with E-state index in [2.05, 4.69) is 15.4 Å². The Kier molecular flexibility index (Phi) is 4.19. The lowest BCUT2D eigenvalue weighted by Crippen LogP contribution is -2.43. The molecule has 1 atom stereocenters. The summed E-state index contributed by atoms with van der Waals surface area (Å²) in [5, 5.41) is 7.11. The van der Waals surface area contributed by atoms with Crippen molar-refractivity contribution in [2.75, 3.05) is 16.8 Å². The molecule has 0 fully saturated rings. The van der Waals surface area contributed by atoms with E-state index in [1.807, 2.05) is 44.2 Å². The highest BCUT2D eigenvalue weighted by molar-refractivity contribution is 6.15. The van der Waals surface area contributed by atoms with E-state index in [0.717, 1.165) is 11.4 Å². The first-order valence-corrected chi connectivity index (χ1v) is 8.73. The van der Waals surface area contributed by atoms with E-state index in [1.165, 1.54) is 6.20 Å². The number of hydrogen-bond donors (Lipinski definition) is 1. The number of aromatic nitrogens is 3. The van der Waals surface area contributed by atoms with Crippen molar-refractivity contribution in [3.05, 3.63) is 71.8 Å². The Balaban J connectivity index is 1.68. The largest absolute Gasteiger partial charge is 0.322 e. The van der Waals surface area contributed by atoms with E-state index in [0.29, 0.717) is 17.9 Å². The average molecular weight is 361 g/mol. The van der Waals surface area contributed by atoms with Crippen LogP contribution in [0.25, 0.3) is 0 Å². The zero-order valence-corrected chi connectivity index (χ0v) is 15.1.